The Labute approximate surface area is 185 Å². The van der Waals surface area contributed by atoms with Gasteiger partial charge in [-0.1, -0.05) is 67.6 Å². The molecular formula is C22H31IN4O. The molecule has 6 heteroatoms. The average Bonchev–Trinajstić information content (AvgIpc) is 2.72. The number of aliphatic imine (C=N–C) groups is 1. The quantitative estimate of drug-likeness (QED) is 0.285. The largest absolute Gasteiger partial charge is 0.356 e. The lowest BCUT2D eigenvalue weighted by Gasteiger charge is -2.20. The van der Waals surface area contributed by atoms with Gasteiger partial charge in [0, 0.05) is 26.1 Å². The van der Waals surface area contributed by atoms with Crippen molar-refractivity contribution < 1.29 is 4.79 Å². The van der Waals surface area contributed by atoms with Gasteiger partial charge >= 0.3 is 0 Å². The third-order valence-electron chi connectivity index (χ3n) is 4.32. The minimum absolute atomic E-state index is 0. The number of hydrogen-bond donors (Lipinski definition) is 3. The summed E-state index contributed by atoms with van der Waals surface area (Å²) in [6.45, 7) is 3.67. The van der Waals surface area contributed by atoms with E-state index in [0.717, 1.165) is 19.4 Å². The second kappa shape index (κ2) is 14.0. The summed E-state index contributed by atoms with van der Waals surface area (Å²) in [4.78, 5) is 16.0. The molecule has 0 radical (unpaired) electrons. The summed E-state index contributed by atoms with van der Waals surface area (Å²) in [6, 6.07) is 21.0. The number of nitrogens with zero attached hydrogens (tertiary/aromatic N) is 1. The molecule has 0 saturated carbocycles. The van der Waals surface area contributed by atoms with Crippen molar-refractivity contribution in [3.8, 4) is 0 Å². The monoisotopic (exact) mass is 494 g/mol. The molecule has 3 N–H and O–H groups in total. The van der Waals surface area contributed by atoms with Gasteiger partial charge in [0.1, 0.15) is 0 Å². The fraction of sp³-hybridized carbons (Fsp3) is 0.364. The van der Waals surface area contributed by atoms with Crippen LogP contribution in [-0.4, -0.2) is 38.5 Å². The summed E-state index contributed by atoms with van der Waals surface area (Å²) in [6.07, 6.45) is 1.86. The van der Waals surface area contributed by atoms with Crippen LogP contribution in [0.15, 0.2) is 65.7 Å². The van der Waals surface area contributed by atoms with E-state index in [0.29, 0.717) is 18.4 Å². The second-order valence-corrected chi connectivity index (χ2v) is 6.45. The smallest absolute Gasteiger partial charge is 0.239 e. The van der Waals surface area contributed by atoms with Gasteiger partial charge in [0.2, 0.25) is 5.91 Å². The number of nitrogens with one attached hydrogen (secondary N) is 3. The minimum atomic E-state index is -0.0244. The highest BCUT2D eigenvalue weighted by atomic mass is 127. The molecule has 28 heavy (non-hydrogen) atoms. The van der Waals surface area contributed by atoms with Crippen molar-refractivity contribution in [2.45, 2.75) is 25.7 Å². The Hall–Kier alpha value is -2.09. The van der Waals surface area contributed by atoms with Crippen LogP contribution >= 0.6 is 24.0 Å². The molecule has 0 saturated heterocycles. The molecule has 0 heterocycles. The second-order valence-electron chi connectivity index (χ2n) is 6.45. The zero-order chi connectivity index (χ0) is 19.3. The summed E-state index contributed by atoms with van der Waals surface area (Å²) in [5.41, 5.74) is 2.58. The lowest BCUT2D eigenvalue weighted by molar-refractivity contribution is -0.120. The van der Waals surface area contributed by atoms with Gasteiger partial charge < -0.3 is 16.0 Å². The molecule has 1 atom stereocenters. The number of carbonyl (C=O) groups is 1. The van der Waals surface area contributed by atoms with E-state index in [2.05, 4.69) is 69.5 Å². The van der Waals surface area contributed by atoms with Crippen molar-refractivity contribution >= 4 is 35.8 Å². The molecule has 0 aliphatic heterocycles. The van der Waals surface area contributed by atoms with Gasteiger partial charge in [-0.25, -0.2) is 0 Å². The third-order valence-corrected chi connectivity index (χ3v) is 4.32. The number of halogens is 1. The zero-order valence-electron chi connectivity index (χ0n) is 16.7. The number of guanidine groups is 1. The molecular weight excluding hydrogens is 463 g/mol. The van der Waals surface area contributed by atoms with Crippen LogP contribution in [0.1, 0.15) is 30.4 Å². The maximum absolute atomic E-state index is 11.8. The Bertz CT molecular complexity index is 707. The van der Waals surface area contributed by atoms with Crippen molar-refractivity contribution in [3.63, 3.8) is 0 Å². The van der Waals surface area contributed by atoms with Crippen LogP contribution in [0.5, 0.6) is 0 Å². The van der Waals surface area contributed by atoms with E-state index in [-0.39, 0.29) is 36.4 Å². The molecule has 0 bridgehead atoms. The predicted octanol–water partition coefficient (Wildman–Crippen LogP) is 3.32. The first-order chi connectivity index (χ1) is 13.2. The molecule has 0 aromatic heterocycles. The first-order valence-corrected chi connectivity index (χ1v) is 9.53. The van der Waals surface area contributed by atoms with E-state index in [1.165, 1.54) is 11.1 Å². The van der Waals surface area contributed by atoms with E-state index >= 15 is 0 Å². The van der Waals surface area contributed by atoms with Crippen LogP contribution in [0.3, 0.4) is 0 Å². The minimum Gasteiger partial charge on any atom is -0.356 e. The van der Waals surface area contributed by atoms with Crippen molar-refractivity contribution in [2.75, 3.05) is 26.7 Å². The summed E-state index contributed by atoms with van der Waals surface area (Å²) in [5.74, 6) is 0.917. The topological polar surface area (TPSA) is 65.5 Å². The first-order valence-electron chi connectivity index (χ1n) is 9.53. The lowest BCUT2D eigenvalue weighted by atomic mass is 9.92. The maximum atomic E-state index is 11.8. The van der Waals surface area contributed by atoms with E-state index < -0.39 is 0 Å². The van der Waals surface area contributed by atoms with E-state index in [1.54, 1.807) is 7.05 Å². The van der Waals surface area contributed by atoms with Gasteiger partial charge in [0.25, 0.3) is 0 Å². The lowest BCUT2D eigenvalue weighted by Crippen LogP contribution is -2.44. The highest BCUT2D eigenvalue weighted by Gasteiger charge is 2.13. The highest BCUT2D eigenvalue weighted by molar-refractivity contribution is 14.0. The summed E-state index contributed by atoms with van der Waals surface area (Å²) >= 11 is 0. The fourth-order valence-electron chi connectivity index (χ4n) is 2.86. The van der Waals surface area contributed by atoms with Crippen molar-refractivity contribution in [3.05, 3.63) is 71.8 Å². The molecule has 152 valence electrons. The Morgan fingerprint density at radius 1 is 0.964 bits per heavy atom. The van der Waals surface area contributed by atoms with Crippen LogP contribution < -0.4 is 16.0 Å². The van der Waals surface area contributed by atoms with Gasteiger partial charge in [0.15, 0.2) is 5.96 Å². The van der Waals surface area contributed by atoms with E-state index in [1.807, 2.05) is 19.1 Å². The zero-order valence-corrected chi connectivity index (χ0v) is 19.0. The van der Waals surface area contributed by atoms with Crippen molar-refractivity contribution in [1.29, 1.82) is 0 Å². The highest BCUT2D eigenvalue weighted by Crippen LogP contribution is 2.20. The number of carbonyl (C=O) groups excluding carboxylic acids is 1. The molecule has 0 spiro atoms. The Morgan fingerprint density at radius 3 is 2.21 bits per heavy atom. The number of amides is 1. The average molecular weight is 494 g/mol. The molecule has 0 aliphatic carbocycles. The van der Waals surface area contributed by atoms with Gasteiger partial charge in [0.05, 0.1) is 6.54 Å². The SMILES string of the molecule is CCCNC(=O)CNC(=NC)NCC(Cc1ccccc1)c1ccccc1.I. The predicted molar refractivity (Wildman–Crippen MR) is 127 cm³/mol. The van der Waals surface area contributed by atoms with Gasteiger partial charge in [-0.3, -0.25) is 9.79 Å². The van der Waals surface area contributed by atoms with Crippen LogP contribution in [-0.2, 0) is 11.2 Å². The van der Waals surface area contributed by atoms with Crippen LogP contribution in [0.25, 0.3) is 0 Å². The summed E-state index contributed by atoms with van der Waals surface area (Å²) < 4.78 is 0. The van der Waals surface area contributed by atoms with E-state index in [9.17, 15) is 4.79 Å². The first kappa shape index (κ1) is 23.9. The van der Waals surface area contributed by atoms with Crippen molar-refractivity contribution in [1.82, 2.24) is 16.0 Å². The molecule has 2 aromatic carbocycles. The normalized spacial score (nSPS) is 11.9. The van der Waals surface area contributed by atoms with Crippen LogP contribution in [0.2, 0.25) is 0 Å². The van der Waals surface area contributed by atoms with Crippen LogP contribution in [0, 0.1) is 0 Å². The Kier molecular flexibility index (Phi) is 12.0. The summed E-state index contributed by atoms with van der Waals surface area (Å²) in [5, 5.41) is 9.29. The van der Waals surface area contributed by atoms with Crippen LogP contribution in [0.4, 0.5) is 0 Å². The summed E-state index contributed by atoms with van der Waals surface area (Å²) in [7, 11) is 1.72. The van der Waals surface area contributed by atoms with Gasteiger partial charge in [-0.2, -0.15) is 0 Å². The standard InChI is InChI=1S/C22H30N4O.HI/c1-3-14-24-21(27)17-26-22(23-2)25-16-20(19-12-8-5-9-13-19)15-18-10-6-4-7-11-18;/h4-13,20H,3,14-17H2,1-2H3,(H,24,27)(H2,23,25,26);1H. The number of hydrogen-bond acceptors (Lipinski definition) is 2. The third kappa shape index (κ3) is 8.73. The Morgan fingerprint density at radius 2 is 1.61 bits per heavy atom. The molecule has 1 unspecified atom stereocenters. The fourth-order valence-corrected chi connectivity index (χ4v) is 2.86. The molecule has 5 nitrogen and oxygen atoms in total. The maximum Gasteiger partial charge on any atom is 0.239 e. The van der Waals surface area contributed by atoms with Gasteiger partial charge in [-0.05, 0) is 24.0 Å². The van der Waals surface area contributed by atoms with E-state index in [4.69, 9.17) is 0 Å². The molecule has 2 rings (SSSR count). The Balaban J connectivity index is 0.00000392. The van der Waals surface area contributed by atoms with Crippen molar-refractivity contribution in [2.24, 2.45) is 4.99 Å². The molecule has 1 amide bonds. The number of rotatable bonds is 9. The van der Waals surface area contributed by atoms with Gasteiger partial charge in [-0.15, -0.1) is 24.0 Å². The molecule has 2 aromatic rings. The molecule has 0 aliphatic rings. The molecule has 0 fully saturated rings. The number of benzene rings is 2.